The number of ether oxygens (including phenoxy) is 2. The molecule has 1 saturated carbocycles. The van der Waals surface area contributed by atoms with Crippen molar-refractivity contribution in [3.05, 3.63) is 70.8 Å². The first kappa shape index (κ1) is 22.8. The Kier molecular flexibility index (Phi) is 5.58. The molecule has 2 heterocycles. The molecule has 0 spiro atoms. The molecule has 0 saturated heterocycles. The van der Waals surface area contributed by atoms with Gasteiger partial charge in [0.2, 0.25) is 0 Å². The van der Waals surface area contributed by atoms with Crippen LogP contribution in [0.1, 0.15) is 87.2 Å². The zero-order valence-electron chi connectivity index (χ0n) is 20.6. The Labute approximate surface area is 202 Å². The highest BCUT2D eigenvalue weighted by Gasteiger charge is 2.56. The number of rotatable bonds is 6. The third-order valence-corrected chi connectivity index (χ3v) is 7.90. The van der Waals surface area contributed by atoms with E-state index in [0.717, 1.165) is 43.2 Å². The normalized spacial score (nSPS) is 28.7. The van der Waals surface area contributed by atoms with E-state index < -0.39 is 0 Å². The third kappa shape index (κ3) is 3.93. The highest BCUT2D eigenvalue weighted by Crippen LogP contribution is 2.62. The van der Waals surface area contributed by atoms with Crippen LogP contribution in [0.3, 0.4) is 0 Å². The van der Waals surface area contributed by atoms with E-state index in [-0.39, 0.29) is 34.2 Å². The maximum atomic E-state index is 13.3. The highest BCUT2D eigenvalue weighted by molar-refractivity contribution is 6.11. The van der Waals surface area contributed by atoms with Gasteiger partial charge in [-0.25, -0.2) is 0 Å². The predicted octanol–water partition coefficient (Wildman–Crippen LogP) is 7.22. The summed E-state index contributed by atoms with van der Waals surface area (Å²) in [7, 11) is 0. The topological polar surface area (TPSA) is 55.8 Å². The molecule has 0 unspecified atom stereocenters. The van der Waals surface area contributed by atoms with Gasteiger partial charge in [0.1, 0.15) is 34.0 Å². The van der Waals surface area contributed by atoms with E-state index in [9.17, 15) is 9.90 Å². The molecule has 1 aliphatic carbocycles. The smallest absolute Gasteiger partial charge is 0.193 e. The SMILES string of the molecule is CC(C)=CCC[C@]1(C)Oc2cc(O)c(C(=O)/C=C/c3ccccc3)c3c2[C@H]2C[C@](C)(CC[C@H]21)O3. The van der Waals surface area contributed by atoms with Gasteiger partial charge in [-0.05, 0) is 71.4 Å². The number of hydrogen-bond acceptors (Lipinski definition) is 4. The number of benzene rings is 2. The average molecular weight is 459 g/mol. The monoisotopic (exact) mass is 458 g/mol. The van der Waals surface area contributed by atoms with Crippen molar-refractivity contribution in [1.82, 2.24) is 0 Å². The van der Waals surface area contributed by atoms with E-state index in [1.54, 1.807) is 12.1 Å². The first-order chi connectivity index (χ1) is 16.2. The Bertz CT molecular complexity index is 1170. The lowest BCUT2D eigenvalue weighted by Gasteiger charge is -2.56. The first-order valence-corrected chi connectivity index (χ1v) is 12.4. The molecule has 0 amide bonds. The number of carbonyl (C=O) groups excluding carboxylic acids is 1. The Morgan fingerprint density at radius 1 is 1.18 bits per heavy atom. The van der Waals surface area contributed by atoms with E-state index in [0.29, 0.717) is 17.4 Å². The van der Waals surface area contributed by atoms with E-state index >= 15 is 0 Å². The average Bonchev–Trinajstić information content (AvgIpc) is 2.77. The van der Waals surface area contributed by atoms with Gasteiger partial charge in [-0.15, -0.1) is 0 Å². The summed E-state index contributed by atoms with van der Waals surface area (Å²) >= 11 is 0. The van der Waals surface area contributed by atoms with E-state index in [2.05, 4.69) is 33.8 Å². The number of fused-ring (bicyclic) bond motifs is 1. The second kappa shape index (κ2) is 8.33. The number of phenolic OH excluding ortho intramolecular Hbond substituents is 1. The summed E-state index contributed by atoms with van der Waals surface area (Å²) < 4.78 is 13.2. The second-order valence-electron chi connectivity index (χ2n) is 10.9. The summed E-state index contributed by atoms with van der Waals surface area (Å²) in [6.45, 7) is 8.60. The van der Waals surface area contributed by atoms with Crippen LogP contribution >= 0.6 is 0 Å². The Balaban J connectivity index is 1.56. The van der Waals surface area contributed by atoms with Crippen molar-refractivity contribution >= 4 is 11.9 Å². The number of allylic oxidation sites excluding steroid dienone is 3. The molecule has 2 bridgehead atoms. The summed E-state index contributed by atoms with van der Waals surface area (Å²) in [6, 6.07) is 11.3. The molecule has 1 fully saturated rings. The van der Waals surface area contributed by atoms with E-state index in [1.807, 2.05) is 30.3 Å². The zero-order valence-corrected chi connectivity index (χ0v) is 20.6. The number of ketones is 1. The summed E-state index contributed by atoms with van der Waals surface area (Å²) in [6.07, 6.45) is 10.3. The van der Waals surface area contributed by atoms with Crippen LogP contribution in [0.2, 0.25) is 0 Å². The van der Waals surface area contributed by atoms with Gasteiger partial charge in [-0.1, -0.05) is 48.1 Å². The summed E-state index contributed by atoms with van der Waals surface area (Å²) in [5.74, 6) is 1.47. The molecule has 178 valence electrons. The molecule has 4 heteroatoms. The Morgan fingerprint density at radius 3 is 2.68 bits per heavy atom. The number of carbonyl (C=O) groups is 1. The quantitative estimate of drug-likeness (QED) is 0.282. The van der Waals surface area contributed by atoms with Crippen LogP contribution in [0.25, 0.3) is 6.08 Å². The third-order valence-electron chi connectivity index (χ3n) is 7.90. The number of phenols is 1. The van der Waals surface area contributed by atoms with Crippen molar-refractivity contribution in [3.8, 4) is 17.2 Å². The van der Waals surface area contributed by atoms with Gasteiger partial charge in [-0.3, -0.25) is 4.79 Å². The minimum absolute atomic E-state index is 0.0786. The van der Waals surface area contributed by atoms with Crippen LogP contribution in [0.4, 0.5) is 0 Å². The largest absolute Gasteiger partial charge is 0.507 e. The molecule has 4 atom stereocenters. The second-order valence-corrected chi connectivity index (χ2v) is 10.9. The number of hydrogen-bond donors (Lipinski definition) is 1. The van der Waals surface area contributed by atoms with Crippen LogP contribution in [0.5, 0.6) is 17.2 Å². The molecule has 0 aromatic heterocycles. The van der Waals surface area contributed by atoms with Crippen molar-refractivity contribution in [2.24, 2.45) is 5.92 Å². The fraction of sp³-hybridized carbons (Fsp3) is 0.433. The van der Waals surface area contributed by atoms with Crippen LogP contribution < -0.4 is 9.47 Å². The number of aromatic hydroxyl groups is 1. The molecule has 1 N–H and O–H groups in total. The van der Waals surface area contributed by atoms with Crippen LogP contribution in [0, 0.1) is 5.92 Å². The van der Waals surface area contributed by atoms with Gasteiger partial charge in [0.15, 0.2) is 5.78 Å². The zero-order chi connectivity index (χ0) is 24.1. The van der Waals surface area contributed by atoms with Gasteiger partial charge < -0.3 is 14.6 Å². The van der Waals surface area contributed by atoms with Gasteiger partial charge >= 0.3 is 0 Å². The summed E-state index contributed by atoms with van der Waals surface area (Å²) in [5.41, 5.74) is 2.81. The molecule has 2 aromatic carbocycles. The molecule has 2 aromatic rings. The van der Waals surface area contributed by atoms with Crippen molar-refractivity contribution in [2.45, 2.75) is 76.9 Å². The minimum atomic E-state index is -0.338. The molecule has 34 heavy (non-hydrogen) atoms. The maximum absolute atomic E-state index is 13.3. The lowest BCUT2D eigenvalue weighted by Crippen LogP contribution is -2.55. The standard InChI is InChI=1S/C30H34O4/c1-19(2)9-8-15-30(4)22-14-16-29(3)18-21(22)26-25(33-30)17-24(32)27(28(26)34-29)23(31)13-12-20-10-6-5-7-11-20/h5-7,9-13,17,21-22,32H,8,14-16,18H2,1-4H3/b13-12+/t21-,22+,29-,30-/m0/s1. The van der Waals surface area contributed by atoms with Crippen molar-refractivity contribution in [3.63, 3.8) is 0 Å². The molecule has 5 rings (SSSR count). The summed E-state index contributed by atoms with van der Waals surface area (Å²) in [4.78, 5) is 13.3. The molecular weight excluding hydrogens is 424 g/mol. The first-order valence-electron chi connectivity index (χ1n) is 12.4. The Hall–Kier alpha value is -3.01. The molecule has 0 radical (unpaired) electrons. The predicted molar refractivity (Wildman–Crippen MR) is 135 cm³/mol. The maximum Gasteiger partial charge on any atom is 0.193 e. The van der Waals surface area contributed by atoms with Gasteiger partial charge in [-0.2, -0.15) is 0 Å². The van der Waals surface area contributed by atoms with E-state index in [4.69, 9.17) is 9.47 Å². The lowest BCUT2D eigenvalue weighted by molar-refractivity contribution is -0.0839. The fourth-order valence-corrected chi connectivity index (χ4v) is 6.19. The van der Waals surface area contributed by atoms with Gasteiger partial charge in [0.25, 0.3) is 0 Å². The lowest BCUT2D eigenvalue weighted by atomic mass is 9.60. The van der Waals surface area contributed by atoms with Crippen LogP contribution in [-0.2, 0) is 0 Å². The van der Waals surface area contributed by atoms with Crippen molar-refractivity contribution in [2.75, 3.05) is 0 Å². The van der Waals surface area contributed by atoms with Crippen molar-refractivity contribution in [1.29, 1.82) is 0 Å². The molecule has 3 aliphatic rings. The van der Waals surface area contributed by atoms with Crippen LogP contribution in [0.15, 0.2) is 54.1 Å². The Morgan fingerprint density at radius 2 is 1.94 bits per heavy atom. The van der Waals surface area contributed by atoms with Crippen molar-refractivity contribution < 1.29 is 19.4 Å². The van der Waals surface area contributed by atoms with Gasteiger partial charge in [0, 0.05) is 23.5 Å². The van der Waals surface area contributed by atoms with Gasteiger partial charge in [0.05, 0.1) is 0 Å². The van der Waals surface area contributed by atoms with Crippen LogP contribution in [-0.4, -0.2) is 22.1 Å². The molecular formula is C30H34O4. The highest BCUT2D eigenvalue weighted by atomic mass is 16.5. The summed E-state index contributed by atoms with van der Waals surface area (Å²) in [5, 5.41) is 11.0. The van der Waals surface area contributed by atoms with E-state index in [1.165, 1.54) is 11.6 Å². The molecule has 2 aliphatic heterocycles. The molecule has 4 nitrogen and oxygen atoms in total. The minimum Gasteiger partial charge on any atom is -0.507 e. The fourth-order valence-electron chi connectivity index (χ4n) is 6.19.